The van der Waals surface area contributed by atoms with Crippen LogP contribution < -0.4 is 0 Å². The molecule has 0 aliphatic heterocycles. The average Bonchev–Trinajstić information content (AvgIpc) is 3.43. The van der Waals surface area contributed by atoms with Gasteiger partial charge >= 0.3 is 0 Å². The highest BCUT2D eigenvalue weighted by molar-refractivity contribution is 6.17. The molecule has 0 N–H and O–H groups in total. The molecule has 4 aromatic carbocycles. The fraction of sp³-hybridized carbons (Fsp3) is 0.0345. The Labute approximate surface area is 189 Å². The molecular formula is C29H19N3O. The molecule has 0 aliphatic carbocycles. The number of imidazole rings is 1. The molecule has 0 saturated carbocycles. The Morgan fingerprint density at radius 1 is 0.727 bits per heavy atom. The van der Waals surface area contributed by atoms with E-state index in [1.54, 1.807) is 0 Å². The predicted octanol–water partition coefficient (Wildman–Crippen LogP) is 7.45. The fourth-order valence-electron chi connectivity index (χ4n) is 4.80. The molecule has 4 nitrogen and oxygen atoms in total. The molecule has 7 rings (SSSR count). The monoisotopic (exact) mass is 425 g/mol. The topological polar surface area (TPSA) is 43.9 Å². The highest BCUT2D eigenvalue weighted by Crippen LogP contribution is 2.39. The molecule has 0 unspecified atom stereocenters. The van der Waals surface area contributed by atoms with Crippen LogP contribution in [0.25, 0.3) is 60.8 Å². The SMILES string of the molecule is Cc1cc2c(cn1)nc(-c1cccc3c1oc1c4ccccc4ccc31)n2-c1ccccc1. The minimum Gasteiger partial charge on any atom is -0.455 e. The summed E-state index contributed by atoms with van der Waals surface area (Å²) in [5.41, 5.74) is 6.63. The Morgan fingerprint density at radius 3 is 2.42 bits per heavy atom. The van der Waals surface area contributed by atoms with E-state index in [1.807, 2.05) is 31.3 Å². The Kier molecular flexibility index (Phi) is 3.73. The van der Waals surface area contributed by atoms with Crippen LogP contribution in [0.4, 0.5) is 0 Å². The van der Waals surface area contributed by atoms with Gasteiger partial charge in [0.05, 0.1) is 17.3 Å². The van der Waals surface area contributed by atoms with E-state index in [0.717, 1.165) is 61.1 Å². The molecule has 3 heterocycles. The van der Waals surface area contributed by atoms with Gasteiger partial charge in [0, 0.05) is 27.5 Å². The van der Waals surface area contributed by atoms with Crippen LogP contribution in [0, 0.1) is 6.92 Å². The van der Waals surface area contributed by atoms with Gasteiger partial charge in [0.25, 0.3) is 0 Å². The van der Waals surface area contributed by atoms with Crippen molar-refractivity contribution in [3.8, 4) is 17.1 Å². The summed E-state index contributed by atoms with van der Waals surface area (Å²) >= 11 is 0. The van der Waals surface area contributed by atoms with Crippen LogP contribution in [0.3, 0.4) is 0 Å². The normalized spacial score (nSPS) is 11.8. The van der Waals surface area contributed by atoms with Crippen LogP contribution >= 0.6 is 0 Å². The summed E-state index contributed by atoms with van der Waals surface area (Å²) in [6.07, 6.45) is 1.85. The van der Waals surface area contributed by atoms with Crippen LogP contribution in [0.5, 0.6) is 0 Å². The Bertz CT molecular complexity index is 1830. The quantitative estimate of drug-likeness (QED) is 0.289. The van der Waals surface area contributed by atoms with Gasteiger partial charge in [-0.05, 0) is 42.6 Å². The molecule has 156 valence electrons. The van der Waals surface area contributed by atoms with Gasteiger partial charge in [0.15, 0.2) is 0 Å². The minimum atomic E-state index is 0.845. The molecule has 0 radical (unpaired) electrons. The molecule has 0 aliphatic rings. The molecule has 33 heavy (non-hydrogen) atoms. The number of para-hydroxylation sites is 2. The van der Waals surface area contributed by atoms with Gasteiger partial charge in [-0.1, -0.05) is 60.7 Å². The highest BCUT2D eigenvalue weighted by Gasteiger charge is 2.20. The van der Waals surface area contributed by atoms with Crippen molar-refractivity contribution in [2.24, 2.45) is 0 Å². The van der Waals surface area contributed by atoms with E-state index in [-0.39, 0.29) is 0 Å². The second-order valence-corrected chi connectivity index (χ2v) is 8.37. The third kappa shape index (κ3) is 2.64. The van der Waals surface area contributed by atoms with E-state index >= 15 is 0 Å². The number of furan rings is 1. The van der Waals surface area contributed by atoms with Crippen LogP contribution in [0.15, 0.2) is 102 Å². The van der Waals surface area contributed by atoms with E-state index in [2.05, 4.69) is 82.3 Å². The van der Waals surface area contributed by atoms with Gasteiger partial charge in [-0.2, -0.15) is 0 Å². The number of rotatable bonds is 2. The molecule has 0 saturated heterocycles. The summed E-state index contributed by atoms with van der Waals surface area (Å²) in [7, 11) is 0. The first kappa shape index (κ1) is 18.2. The first-order chi connectivity index (χ1) is 16.3. The largest absolute Gasteiger partial charge is 0.455 e. The molecule has 0 bridgehead atoms. The van der Waals surface area contributed by atoms with Crippen LogP contribution in [-0.4, -0.2) is 14.5 Å². The van der Waals surface area contributed by atoms with Gasteiger partial charge in [-0.25, -0.2) is 4.98 Å². The molecule has 0 fully saturated rings. The van der Waals surface area contributed by atoms with E-state index < -0.39 is 0 Å². The lowest BCUT2D eigenvalue weighted by molar-refractivity contribution is 0.673. The number of aryl methyl sites for hydroxylation is 1. The van der Waals surface area contributed by atoms with Crippen molar-refractivity contribution in [3.05, 3.63) is 103 Å². The lowest BCUT2D eigenvalue weighted by atomic mass is 10.0. The number of pyridine rings is 1. The summed E-state index contributed by atoms with van der Waals surface area (Å²) < 4.78 is 8.79. The zero-order valence-corrected chi connectivity index (χ0v) is 18.0. The van der Waals surface area contributed by atoms with E-state index in [0.29, 0.717) is 0 Å². The molecule has 3 aromatic heterocycles. The van der Waals surface area contributed by atoms with Crippen molar-refractivity contribution in [2.45, 2.75) is 6.92 Å². The number of benzene rings is 4. The molecule has 0 amide bonds. The molecule has 0 atom stereocenters. The van der Waals surface area contributed by atoms with Crippen molar-refractivity contribution < 1.29 is 4.42 Å². The van der Waals surface area contributed by atoms with E-state index in [4.69, 9.17) is 9.40 Å². The lowest BCUT2D eigenvalue weighted by Gasteiger charge is -2.10. The van der Waals surface area contributed by atoms with Crippen molar-refractivity contribution in [3.63, 3.8) is 0 Å². The van der Waals surface area contributed by atoms with Gasteiger partial charge in [0.1, 0.15) is 22.5 Å². The number of fused-ring (bicyclic) bond motifs is 6. The summed E-state index contributed by atoms with van der Waals surface area (Å²) in [4.78, 5) is 9.50. The van der Waals surface area contributed by atoms with Gasteiger partial charge < -0.3 is 4.42 Å². The van der Waals surface area contributed by atoms with Crippen LogP contribution in [0.1, 0.15) is 5.69 Å². The third-order valence-corrected chi connectivity index (χ3v) is 6.32. The maximum atomic E-state index is 6.59. The van der Waals surface area contributed by atoms with E-state index in [9.17, 15) is 0 Å². The first-order valence-corrected chi connectivity index (χ1v) is 11.0. The standard InChI is InChI=1S/C29H19N3O/c1-18-16-26-25(17-30-18)31-29(32(26)20-9-3-2-4-10-20)24-13-7-12-22-23-15-14-19-8-5-6-11-21(19)27(23)33-28(22)24/h2-17H,1H3. The fourth-order valence-corrected chi connectivity index (χ4v) is 4.80. The minimum absolute atomic E-state index is 0.845. The molecule has 4 heteroatoms. The smallest absolute Gasteiger partial charge is 0.149 e. The number of hydrogen-bond acceptors (Lipinski definition) is 3. The second-order valence-electron chi connectivity index (χ2n) is 8.37. The van der Waals surface area contributed by atoms with Crippen molar-refractivity contribution in [2.75, 3.05) is 0 Å². The lowest BCUT2D eigenvalue weighted by Crippen LogP contribution is -1.97. The van der Waals surface area contributed by atoms with Gasteiger partial charge in [0.2, 0.25) is 0 Å². The predicted molar refractivity (Wildman–Crippen MR) is 134 cm³/mol. The van der Waals surface area contributed by atoms with E-state index in [1.165, 1.54) is 5.39 Å². The average molecular weight is 425 g/mol. The van der Waals surface area contributed by atoms with Crippen molar-refractivity contribution in [1.82, 2.24) is 14.5 Å². The number of nitrogens with zero attached hydrogens (tertiary/aromatic N) is 3. The second kappa shape index (κ2) is 6.78. The molecular weight excluding hydrogens is 406 g/mol. The Hall–Kier alpha value is -4.44. The highest BCUT2D eigenvalue weighted by atomic mass is 16.3. The molecule has 7 aromatic rings. The van der Waals surface area contributed by atoms with Gasteiger partial charge in [-0.15, -0.1) is 0 Å². The summed E-state index contributed by atoms with van der Waals surface area (Å²) in [6, 6.07) is 31.4. The first-order valence-electron chi connectivity index (χ1n) is 11.0. The van der Waals surface area contributed by atoms with Crippen molar-refractivity contribution >= 4 is 43.7 Å². The zero-order chi connectivity index (χ0) is 21.9. The van der Waals surface area contributed by atoms with Crippen molar-refractivity contribution in [1.29, 1.82) is 0 Å². The van der Waals surface area contributed by atoms with Crippen LogP contribution in [0.2, 0.25) is 0 Å². The maximum absolute atomic E-state index is 6.59. The zero-order valence-electron chi connectivity index (χ0n) is 18.0. The maximum Gasteiger partial charge on any atom is 0.149 e. The summed E-state index contributed by atoms with van der Waals surface area (Å²) in [5, 5.41) is 4.50. The number of aromatic nitrogens is 3. The van der Waals surface area contributed by atoms with Gasteiger partial charge in [-0.3, -0.25) is 9.55 Å². The summed E-state index contributed by atoms with van der Waals surface area (Å²) in [6.45, 7) is 2.01. The number of hydrogen-bond donors (Lipinski definition) is 0. The van der Waals surface area contributed by atoms with Crippen LogP contribution in [-0.2, 0) is 0 Å². The Morgan fingerprint density at radius 2 is 1.52 bits per heavy atom. The molecule has 0 spiro atoms. The Balaban J connectivity index is 1.61. The summed E-state index contributed by atoms with van der Waals surface area (Å²) in [5.74, 6) is 0.845. The third-order valence-electron chi connectivity index (χ3n) is 6.32.